The Hall–Kier alpha value is -3.00. The van der Waals surface area contributed by atoms with E-state index in [-0.39, 0.29) is 11.7 Å². The first kappa shape index (κ1) is 25.1. The number of fused-ring (bicyclic) bond motifs is 1. The summed E-state index contributed by atoms with van der Waals surface area (Å²) >= 11 is 0. The zero-order chi connectivity index (χ0) is 24.9. The van der Waals surface area contributed by atoms with Crippen LogP contribution in [0.2, 0.25) is 0 Å². The van der Waals surface area contributed by atoms with Gasteiger partial charge in [-0.25, -0.2) is 9.78 Å². The number of carbonyl (C=O) groups excluding carboxylic acids is 1. The van der Waals surface area contributed by atoms with E-state index in [0.29, 0.717) is 29.4 Å². The molecule has 1 atom stereocenters. The topological polar surface area (TPSA) is 83.3 Å². The van der Waals surface area contributed by atoms with Crippen molar-refractivity contribution < 1.29 is 18.5 Å². The summed E-state index contributed by atoms with van der Waals surface area (Å²) in [7, 11) is 0.201. The Morgan fingerprint density at radius 3 is 2.77 bits per heavy atom. The molecule has 0 N–H and O–H groups in total. The van der Waals surface area contributed by atoms with Gasteiger partial charge in [-0.1, -0.05) is 11.6 Å². The van der Waals surface area contributed by atoms with Gasteiger partial charge in [0.15, 0.2) is 5.16 Å². The van der Waals surface area contributed by atoms with Crippen LogP contribution >= 0.6 is 0 Å². The van der Waals surface area contributed by atoms with Crippen molar-refractivity contribution in [1.29, 1.82) is 0 Å². The molecule has 1 aliphatic carbocycles. The minimum absolute atomic E-state index is 0.235. The van der Waals surface area contributed by atoms with Gasteiger partial charge in [0, 0.05) is 23.9 Å². The molecule has 186 valence electrons. The van der Waals surface area contributed by atoms with E-state index in [4.69, 9.17) is 14.5 Å². The predicted octanol–water partition coefficient (Wildman–Crippen LogP) is 5.43. The van der Waals surface area contributed by atoms with Crippen molar-refractivity contribution in [2.75, 3.05) is 13.7 Å². The van der Waals surface area contributed by atoms with E-state index in [9.17, 15) is 9.00 Å². The molecule has 0 bridgehead atoms. The zero-order valence-corrected chi connectivity index (χ0v) is 21.7. The molecule has 3 aromatic rings. The fraction of sp³-hybridized carbons (Fsp3) is 0.444. The summed E-state index contributed by atoms with van der Waals surface area (Å²) in [6.07, 6.45) is 9.69. The van der Waals surface area contributed by atoms with E-state index >= 15 is 0 Å². The normalized spacial score (nSPS) is 14.6. The number of aromatic nitrogens is 3. The molecule has 2 heterocycles. The number of imidazole rings is 1. The highest BCUT2D eigenvalue weighted by atomic mass is 32.2. The Kier molecular flexibility index (Phi) is 8.00. The molecule has 1 unspecified atom stereocenters. The second-order valence-electron chi connectivity index (χ2n) is 8.86. The van der Waals surface area contributed by atoms with Crippen LogP contribution < -0.4 is 4.74 Å². The second kappa shape index (κ2) is 11.2. The first-order valence-electron chi connectivity index (χ1n) is 12.2. The molecule has 0 spiro atoms. The molecule has 0 saturated carbocycles. The van der Waals surface area contributed by atoms with Crippen LogP contribution in [0.4, 0.5) is 0 Å². The fourth-order valence-corrected chi connectivity index (χ4v) is 5.94. The molecule has 1 aromatic carbocycles. The van der Waals surface area contributed by atoms with E-state index < -0.39 is 10.8 Å². The minimum Gasteiger partial charge on any atom is -0.496 e. The lowest BCUT2D eigenvalue weighted by Crippen LogP contribution is -2.11. The Morgan fingerprint density at radius 2 is 2.06 bits per heavy atom. The maximum atomic E-state index is 13.7. The van der Waals surface area contributed by atoms with E-state index in [1.165, 1.54) is 18.4 Å². The Balaban J connectivity index is 1.70. The maximum Gasteiger partial charge on any atom is 0.338 e. The highest BCUT2D eigenvalue weighted by molar-refractivity contribution is 7.84. The number of pyridine rings is 1. The first-order chi connectivity index (χ1) is 16.9. The molecule has 1 aliphatic rings. The third kappa shape index (κ3) is 5.48. The molecule has 8 heteroatoms. The summed E-state index contributed by atoms with van der Waals surface area (Å²) in [5.41, 5.74) is 5.95. The van der Waals surface area contributed by atoms with Crippen molar-refractivity contribution in [3.63, 3.8) is 0 Å². The molecule has 7 nitrogen and oxygen atoms in total. The van der Waals surface area contributed by atoms with Gasteiger partial charge in [0.1, 0.15) is 5.75 Å². The largest absolute Gasteiger partial charge is 0.496 e. The van der Waals surface area contributed by atoms with Gasteiger partial charge in [0.25, 0.3) is 0 Å². The SMILES string of the molecule is CCOC(=O)c1ccc2c(c1)nc(S(=O)Cc1ncc(C)c(OC)c1C)n2CCC1=CCCCC1. The molecular weight excluding hydrogens is 462 g/mol. The van der Waals surface area contributed by atoms with E-state index in [1.54, 1.807) is 32.4 Å². The summed E-state index contributed by atoms with van der Waals surface area (Å²) in [5.74, 6) is 0.619. The number of aryl methyl sites for hydroxylation is 2. The molecule has 35 heavy (non-hydrogen) atoms. The number of methoxy groups -OCH3 is 1. The number of nitrogens with zero attached hydrogens (tertiary/aromatic N) is 3. The van der Waals surface area contributed by atoms with Gasteiger partial charge in [-0.05, 0) is 71.1 Å². The predicted molar refractivity (Wildman–Crippen MR) is 137 cm³/mol. The molecule has 0 aliphatic heterocycles. The van der Waals surface area contributed by atoms with Crippen molar-refractivity contribution in [2.24, 2.45) is 0 Å². The molecule has 0 saturated heterocycles. The molecule has 0 fully saturated rings. The number of carbonyl (C=O) groups is 1. The van der Waals surface area contributed by atoms with Crippen LogP contribution in [0.25, 0.3) is 11.0 Å². The van der Waals surface area contributed by atoms with Crippen LogP contribution in [0.15, 0.2) is 41.2 Å². The van der Waals surface area contributed by atoms with Crippen molar-refractivity contribution in [3.05, 3.63) is 58.4 Å². The fourth-order valence-electron chi connectivity index (χ4n) is 4.63. The lowest BCUT2D eigenvalue weighted by molar-refractivity contribution is 0.0526. The van der Waals surface area contributed by atoms with Crippen LogP contribution in [-0.2, 0) is 27.8 Å². The van der Waals surface area contributed by atoms with E-state index in [0.717, 1.165) is 47.3 Å². The van der Waals surface area contributed by atoms with Crippen LogP contribution in [0, 0.1) is 13.8 Å². The first-order valence-corrected chi connectivity index (χ1v) is 13.5. The number of ether oxygens (including phenoxy) is 2. The quantitative estimate of drug-likeness (QED) is 0.291. The van der Waals surface area contributed by atoms with Gasteiger partial charge in [0.05, 0.1) is 52.6 Å². The smallest absolute Gasteiger partial charge is 0.338 e. The van der Waals surface area contributed by atoms with Crippen LogP contribution in [0.5, 0.6) is 5.75 Å². The van der Waals surface area contributed by atoms with Crippen molar-refractivity contribution in [3.8, 4) is 5.75 Å². The summed E-state index contributed by atoms with van der Waals surface area (Å²) in [6.45, 7) is 6.66. The highest BCUT2D eigenvalue weighted by Gasteiger charge is 2.21. The number of hydrogen-bond donors (Lipinski definition) is 0. The van der Waals surface area contributed by atoms with E-state index in [1.807, 2.05) is 24.5 Å². The monoisotopic (exact) mass is 495 g/mol. The maximum absolute atomic E-state index is 13.7. The summed E-state index contributed by atoms with van der Waals surface area (Å²) in [4.78, 5) is 21.5. The highest BCUT2D eigenvalue weighted by Crippen LogP contribution is 2.28. The van der Waals surface area contributed by atoms with E-state index in [2.05, 4.69) is 11.1 Å². The van der Waals surface area contributed by atoms with Gasteiger partial charge in [-0.15, -0.1) is 0 Å². The Bertz CT molecular complexity index is 1300. The van der Waals surface area contributed by atoms with Crippen LogP contribution in [0.1, 0.15) is 66.2 Å². The van der Waals surface area contributed by atoms with Crippen molar-refractivity contribution in [2.45, 2.75) is 70.3 Å². The number of rotatable bonds is 9. The number of hydrogen-bond acceptors (Lipinski definition) is 6. The lowest BCUT2D eigenvalue weighted by Gasteiger charge is -2.15. The molecule has 0 amide bonds. The Morgan fingerprint density at radius 1 is 1.23 bits per heavy atom. The number of esters is 1. The van der Waals surface area contributed by atoms with Crippen LogP contribution in [0.3, 0.4) is 0 Å². The van der Waals surface area contributed by atoms with Gasteiger partial charge in [-0.2, -0.15) is 0 Å². The summed E-state index contributed by atoms with van der Waals surface area (Å²) in [6, 6.07) is 5.35. The Labute approximate surface area is 209 Å². The molecule has 4 rings (SSSR count). The average molecular weight is 496 g/mol. The second-order valence-corrected chi connectivity index (χ2v) is 10.2. The molecule has 2 aromatic heterocycles. The average Bonchev–Trinajstić information content (AvgIpc) is 3.23. The number of allylic oxidation sites excluding steroid dienone is 2. The third-order valence-electron chi connectivity index (χ3n) is 6.49. The standard InChI is InChI=1S/C27H33N3O4S/c1-5-34-26(31)21-11-12-24-22(15-21)29-27(30(24)14-13-20-9-7-6-8-10-20)35(32)17-23-19(3)25(33-4)18(2)16-28-23/h9,11-12,15-16H,5-8,10,13-14,17H2,1-4H3. The zero-order valence-electron chi connectivity index (χ0n) is 20.9. The van der Waals surface area contributed by atoms with Gasteiger partial charge in [0.2, 0.25) is 0 Å². The molecule has 0 radical (unpaired) electrons. The van der Waals surface area contributed by atoms with Gasteiger partial charge < -0.3 is 14.0 Å². The summed E-state index contributed by atoms with van der Waals surface area (Å²) < 4.78 is 26.4. The van der Waals surface area contributed by atoms with Crippen molar-refractivity contribution >= 4 is 27.8 Å². The molecular formula is C27H33N3O4S. The van der Waals surface area contributed by atoms with Gasteiger partial charge >= 0.3 is 5.97 Å². The third-order valence-corrected chi connectivity index (χ3v) is 7.74. The number of benzene rings is 1. The minimum atomic E-state index is -1.43. The van der Waals surface area contributed by atoms with Crippen molar-refractivity contribution in [1.82, 2.24) is 14.5 Å². The van der Waals surface area contributed by atoms with Gasteiger partial charge in [-0.3, -0.25) is 9.19 Å². The summed E-state index contributed by atoms with van der Waals surface area (Å²) in [5, 5.41) is 0.498. The van der Waals surface area contributed by atoms with Crippen LogP contribution in [-0.4, -0.2) is 38.4 Å². The lowest BCUT2D eigenvalue weighted by atomic mass is 9.97.